The lowest BCUT2D eigenvalue weighted by Gasteiger charge is -2.11. The Morgan fingerprint density at radius 3 is 2.79 bits per heavy atom. The van der Waals surface area contributed by atoms with Crippen molar-refractivity contribution in [3.8, 4) is 5.75 Å². The summed E-state index contributed by atoms with van der Waals surface area (Å²) in [6, 6.07) is 8.19. The Morgan fingerprint density at radius 2 is 2.14 bits per heavy atom. The zero-order valence-corrected chi connectivity index (χ0v) is 8.99. The standard InChI is InChI=1S/C12H18NO/c1-4-8-14-12-7-5-6-11(9-12)10-13(2)3/h5-7,9H,1,4,8,10H2,2-3H3. The van der Waals surface area contributed by atoms with Gasteiger partial charge in [-0.25, -0.2) is 0 Å². The molecule has 0 heterocycles. The topological polar surface area (TPSA) is 12.5 Å². The van der Waals surface area contributed by atoms with Crippen molar-refractivity contribution in [2.24, 2.45) is 0 Å². The van der Waals surface area contributed by atoms with Gasteiger partial charge in [-0.15, -0.1) is 0 Å². The smallest absolute Gasteiger partial charge is 0.119 e. The molecule has 77 valence electrons. The molecule has 0 atom stereocenters. The highest BCUT2D eigenvalue weighted by atomic mass is 16.5. The van der Waals surface area contributed by atoms with Gasteiger partial charge in [-0.05, 0) is 45.1 Å². The van der Waals surface area contributed by atoms with Crippen LogP contribution in [-0.4, -0.2) is 25.6 Å². The third-order valence-corrected chi connectivity index (χ3v) is 1.81. The van der Waals surface area contributed by atoms with Crippen LogP contribution in [0.15, 0.2) is 24.3 Å². The van der Waals surface area contributed by atoms with E-state index < -0.39 is 0 Å². The Morgan fingerprint density at radius 1 is 1.36 bits per heavy atom. The van der Waals surface area contributed by atoms with Gasteiger partial charge in [0.15, 0.2) is 0 Å². The van der Waals surface area contributed by atoms with Crippen LogP contribution in [0.3, 0.4) is 0 Å². The van der Waals surface area contributed by atoms with Gasteiger partial charge >= 0.3 is 0 Å². The van der Waals surface area contributed by atoms with Gasteiger partial charge in [-0.1, -0.05) is 12.1 Å². The summed E-state index contributed by atoms with van der Waals surface area (Å²) < 4.78 is 5.50. The molecule has 0 aliphatic heterocycles. The first kappa shape index (κ1) is 11.1. The molecule has 0 amide bonds. The molecule has 2 nitrogen and oxygen atoms in total. The molecule has 0 N–H and O–H groups in total. The first-order valence-electron chi connectivity index (χ1n) is 4.88. The van der Waals surface area contributed by atoms with Crippen LogP contribution in [0.4, 0.5) is 0 Å². The molecule has 0 saturated heterocycles. The highest BCUT2D eigenvalue weighted by molar-refractivity contribution is 5.28. The number of benzene rings is 1. The van der Waals surface area contributed by atoms with Crippen molar-refractivity contribution in [1.82, 2.24) is 4.90 Å². The van der Waals surface area contributed by atoms with Gasteiger partial charge in [-0.3, -0.25) is 0 Å². The number of hydrogen-bond acceptors (Lipinski definition) is 2. The fourth-order valence-corrected chi connectivity index (χ4v) is 1.29. The molecule has 0 spiro atoms. The van der Waals surface area contributed by atoms with E-state index in [4.69, 9.17) is 4.74 Å². The van der Waals surface area contributed by atoms with E-state index in [0.29, 0.717) is 6.61 Å². The largest absolute Gasteiger partial charge is 0.494 e. The first-order valence-corrected chi connectivity index (χ1v) is 4.88. The number of rotatable bonds is 5. The minimum absolute atomic E-state index is 0.686. The molecule has 14 heavy (non-hydrogen) atoms. The quantitative estimate of drug-likeness (QED) is 0.710. The fourth-order valence-electron chi connectivity index (χ4n) is 1.29. The average molecular weight is 192 g/mol. The van der Waals surface area contributed by atoms with Crippen LogP contribution in [0.2, 0.25) is 0 Å². The molecular weight excluding hydrogens is 174 g/mol. The first-order chi connectivity index (χ1) is 6.72. The van der Waals surface area contributed by atoms with E-state index in [1.54, 1.807) is 0 Å². The molecule has 0 aromatic heterocycles. The van der Waals surface area contributed by atoms with Crippen LogP contribution in [0.25, 0.3) is 0 Å². The lowest BCUT2D eigenvalue weighted by atomic mass is 10.2. The molecule has 1 radical (unpaired) electrons. The van der Waals surface area contributed by atoms with Crippen LogP contribution in [0.5, 0.6) is 5.75 Å². The molecule has 0 fully saturated rings. The summed E-state index contributed by atoms with van der Waals surface area (Å²) in [6.07, 6.45) is 0.803. The minimum Gasteiger partial charge on any atom is -0.494 e. The van der Waals surface area contributed by atoms with E-state index in [1.165, 1.54) is 5.56 Å². The van der Waals surface area contributed by atoms with Crippen LogP contribution >= 0.6 is 0 Å². The number of nitrogens with zero attached hydrogens (tertiary/aromatic N) is 1. The van der Waals surface area contributed by atoms with Crippen molar-refractivity contribution in [2.75, 3.05) is 20.7 Å². The van der Waals surface area contributed by atoms with Gasteiger partial charge < -0.3 is 9.64 Å². The Balaban J connectivity index is 2.59. The Labute approximate surface area is 86.5 Å². The molecular formula is C12H18NO. The van der Waals surface area contributed by atoms with Gasteiger partial charge in [0.2, 0.25) is 0 Å². The Hall–Kier alpha value is -1.02. The Kier molecular flexibility index (Phi) is 4.47. The zero-order chi connectivity index (χ0) is 10.4. The maximum atomic E-state index is 5.50. The van der Waals surface area contributed by atoms with Crippen molar-refractivity contribution in [3.05, 3.63) is 36.8 Å². The predicted molar refractivity (Wildman–Crippen MR) is 59.3 cm³/mol. The maximum absolute atomic E-state index is 5.50. The highest BCUT2D eigenvalue weighted by Crippen LogP contribution is 2.14. The number of hydrogen-bond donors (Lipinski definition) is 0. The van der Waals surface area contributed by atoms with E-state index in [-0.39, 0.29) is 0 Å². The Bertz CT molecular complexity index is 271. The summed E-state index contributed by atoms with van der Waals surface area (Å²) in [4.78, 5) is 2.14. The van der Waals surface area contributed by atoms with E-state index >= 15 is 0 Å². The minimum atomic E-state index is 0.686. The molecule has 0 aliphatic rings. The molecule has 0 aliphatic carbocycles. The maximum Gasteiger partial charge on any atom is 0.119 e. The molecule has 0 saturated carbocycles. The predicted octanol–water partition coefficient (Wildman–Crippen LogP) is 2.35. The van der Waals surface area contributed by atoms with Gasteiger partial charge in [-0.2, -0.15) is 0 Å². The van der Waals surface area contributed by atoms with E-state index in [2.05, 4.69) is 38.1 Å². The molecule has 0 bridgehead atoms. The average Bonchev–Trinajstić information content (AvgIpc) is 2.14. The third kappa shape index (κ3) is 3.79. The number of ether oxygens (including phenoxy) is 1. The normalized spacial score (nSPS) is 10.6. The SMILES string of the molecule is [CH2]CCOc1cccc(CN(C)C)c1. The second-order valence-electron chi connectivity index (χ2n) is 3.59. The third-order valence-electron chi connectivity index (χ3n) is 1.81. The van der Waals surface area contributed by atoms with Crippen LogP contribution in [0.1, 0.15) is 12.0 Å². The summed E-state index contributed by atoms with van der Waals surface area (Å²) >= 11 is 0. The van der Waals surface area contributed by atoms with Gasteiger partial charge in [0.05, 0.1) is 6.61 Å². The lowest BCUT2D eigenvalue weighted by molar-refractivity contribution is 0.323. The van der Waals surface area contributed by atoms with Crippen LogP contribution < -0.4 is 4.74 Å². The van der Waals surface area contributed by atoms with Crippen molar-refractivity contribution in [2.45, 2.75) is 13.0 Å². The summed E-state index contributed by atoms with van der Waals surface area (Å²) in [7, 11) is 4.12. The summed E-state index contributed by atoms with van der Waals surface area (Å²) in [5.41, 5.74) is 1.27. The molecule has 2 heteroatoms. The molecule has 0 unspecified atom stereocenters. The monoisotopic (exact) mass is 192 g/mol. The fraction of sp³-hybridized carbons (Fsp3) is 0.417. The summed E-state index contributed by atoms with van der Waals surface area (Å²) in [6.45, 7) is 5.37. The van der Waals surface area contributed by atoms with Crippen molar-refractivity contribution in [1.29, 1.82) is 0 Å². The molecule has 1 rings (SSSR count). The van der Waals surface area contributed by atoms with Crippen LogP contribution in [-0.2, 0) is 6.54 Å². The van der Waals surface area contributed by atoms with Crippen molar-refractivity contribution >= 4 is 0 Å². The summed E-state index contributed by atoms with van der Waals surface area (Å²) in [5.74, 6) is 0.938. The second kappa shape index (κ2) is 5.66. The van der Waals surface area contributed by atoms with Crippen molar-refractivity contribution in [3.63, 3.8) is 0 Å². The van der Waals surface area contributed by atoms with E-state index in [1.807, 2.05) is 12.1 Å². The van der Waals surface area contributed by atoms with Gasteiger partial charge in [0.1, 0.15) is 5.75 Å². The summed E-state index contributed by atoms with van der Waals surface area (Å²) in [5, 5.41) is 0. The molecule has 1 aromatic rings. The van der Waals surface area contributed by atoms with E-state index in [9.17, 15) is 0 Å². The highest BCUT2D eigenvalue weighted by Gasteiger charge is 1.97. The lowest BCUT2D eigenvalue weighted by Crippen LogP contribution is -2.10. The molecule has 1 aromatic carbocycles. The van der Waals surface area contributed by atoms with E-state index in [0.717, 1.165) is 18.7 Å². The van der Waals surface area contributed by atoms with Crippen molar-refractivity contribution < 1.29 is 4.74 Å². The zero-order valence-electron chi connectivity index (χ0n) is 8.99. The van der Waals surface area contributed by atoms with Crippen LogP contribution in [0, 0.1) is 6.92 Å². The van der Waals surface area contributed by atoms with Gasteiger partial charge in [0, 0.05) is 6.54 Å². The van der Waals surface area contributed by atoms with Gasteiger partial charge in [0.25, 0.3) is 0 Å². The second-order valence-corrected chi connectivity index (χ2v) is 3.59.